The fourth-order valence-corrected chi connectivity index (χ4v) is 2.24. The van der Waals surface area contributed by atoms with E-state index in [1.54, 1.807) is 18.2 Å². The molecule has 106 valence electrons. The molecule has 4 heteroatoms. The van der Waals surface area contributed by atoms with Gasteiger partial charge in [-0.1, -0.05) is 5.92 Å². The van der Waals surface area contributed by atoms with Gasteiger partial charge in [0.25, 0.3) is 5.91 Å². The smallest absolute Gasteiger partial charge is 0.255 e. The van der Waals surface area contributed by atoms with Gasteiger partial charge < -0.3 is 16.8 Å². The van der Waals surface area contributed by atoms with E-state index < -0.39 is 0 Å². The molecular formula is C17H17N3O. The number of rotatable bonds is 2. The first-order valence-corrected chi connectivity index (χ1v) is 6.46. The van der Waals surface area contributed by atoms with Crippen molar-refractivity contribution in [3.05, 3.63) is 52.6 Å². The zero-order valence-electron chi connectivity index (χ0n) is 12.0. The first kappa shape index (κ1) is 14.5. The highest BCUT2D eigenvalue weighted by Crippen LogP contribution is 2.23. The van der Waals surface area contributed by atoms with Crippen LogP contribution in [0.1, 0.15) is 27.0 Å². The third kappa shape index (κ3) is 3.15. The maximum absolute atomic E-state index is 12.3. The molecule has 0 fully saturated rings. The zero-order chi connectivity index (χ0) is 15.6. The minimum atomic E-state index is -0.256. The molecule has 0 aromatic heterocycles. The van der Waals surface area contributed by atoms with Crippen molar-refractivity contribution in [2.75, 3.05) is 16.8 Å². The van der Waals surface area contributed by atoms with Gasteiger partial charge in [-0.25, -0.2) is 0 Å². The van der Waals surface area contributed by atoms with Gasteiger partial charge in [-0.15, -0.1) is 6.42 Å². The number of amides is 1. The van der Waals surface area contributed by atoms with Crippen LogP contribution in [0, 0.1) is 26.2 Å². The third-order valence-corrected chi connectivity index (χ3v) is 3.18. The van der Waals surface area contributed by atoms with Gasteiger partial charge in [0, 0.05) is 28.2 Å². The lowest BCUT2D eigenvalue weighted by Gasteiger charge is -2.13. The quantitative estimate of drug-likeness (QED) is 0.584. The molecule has 0 aliphatic carbocycles. The molecule has 2 aromatic carbocycles. The summed E-state index contributed by atoms with van der Waals surface area (Å²) in [5, 5.41) is 2.88. The van der Waals surface area contributed by atoms with E-state index in [-0.39, 0.29) is 5.91 Å². The number of nitrogens with one attached hydrogen (secondary N) is 1. The average molecular weight is 279 g/mol. The van der Waals surface area contributed by atoms with Gasteiger partial charge in [-0.05, 0) is 55.3 Å². The Labute approximate surface area is 124 Å². The van der Waals surface area contributed by atoms with Gasteiger partial charge in [0.1, 0.15) is 0 Å². The lowest BCUT2D eigenvalue weighted by molar-refractivity contribution is 0.102. The van der Waals surface area contributed by atoms with E-state index in [4.69, 9.17) is 17.9 Å². The van der Waals surface area contributed by atoms with Crippen molar-refractivity contribution in [3.8, 4) is 12.3 Å². The van der Waals surface area contributed by atoms with Gasteiger partial charge in [0.15, 0.2) is 0 Å². The predicted molar refractivity (Wildman–Crippen MR) is 87.1 cm³/mol. The molecule has 2 rings (SSSR count). The fraction of sp³-hybridized carbons (Fsp3) is 0.118. The summed E-state index contributed by atoms with van der Waals surface area (Å²) in [5.41, 5.74) is 16.1. The van der Waals surface area contributed by atoms with Crippen LogP contribution in [-0.4, -0.2) is 5.91 Å². The second-order valence-electron chi connectivity index (χ2n) is 4.97. The van der Waals surface area contributed by atoms with Crippen molar-refractivity contribution in [1.82, 2.24) is 0 Å². The summed E-state index contributed by atoms with van der Waals surface area (Å²) in [6.07, 6.45) is 5.40. The van der Waals surface area contributed by atoms with Crippen molar-refractivity contribution in [1.29, 1.82) is 0 Å². The summed E-state index contributed by atoms with van der Waals surface area (Å²) in [6.45, 7) is 3.80. The molecular weight excluding hydrogens is 262 g/mol. The molecule has 0 spiro atoms. The van der Waals surface area contributed by atoms with Crippen LogP contribution in [0.3, 0.4) is 0 Å². The van der Waals surface area contributed by atoms with Crippen molar-refractivity contribution in [3.63, 3.8) is 0 Å². The highest BCUT2D eigenvalue weighted by atomic mass is 16.1. The SMILES string of the molecule is C#Cc1cc(C)c(NC(=O)c2cc(N)cc(N)c2)c(C)c1. The highest BCUT2D eigenvalue weighted by Gasteiger charge is 2.11. The predicted octanol–water partition coefficient (Wildman–Crippen LogP) is 2.70. The Morgan fingerprint density at radius 3 is 2.05 bits per heavy atom. The highest BCUT2D eigenvalue weighted by molar-refractivity contribution is 6.06. The minimum absolute atomic E-state index is 0.256. The van der Waals surface area contributed by atoms with E-state index in [0.717, 1.165) is 22.4 Å². The van der Waals surface area contributed by atoms with Crippen LogP contribution in [0.4, 0.5) is 17.1 Å². The molecule has 1 amide bonds. The molecule has 0 saturated carbocycles. The minimum Gasteiger partial charge on any atom is -0.399 e. The standard InChI is InChI=1S/C17H17N3O/c1-4-12-5-10(2)16(11(3)6-12)20-17(21)13-7-14(18)9-15(19)8-13/h1,5-9H,18-19H2,2-3H3,(H,20,21). The zero-order valence-corrected chi connectivity index (χ0v) is 12.0. The first-order valence-electron chi connectivity index (χ1n) is 6.46. The van der Waals surface area contributed by atoms with Crippen LogP contribution in [0.2, 0.25) is 0 Å². The van der Waals surface area contributed by atoms with Crippen LogP contribution in [0.5, 0.6) is 0 Å². The number of carbonyl (C=O) groups excluding carboxylic acids is 1. The maximum atomic E-state index is 12.3. The molecule has 0 aliphatic heterocycles. The number of nitrogens with two attached hydrogens (primary N) is 2. The summed E-state index contributed by atoms with van der Waals surface area (Å²) < 4.78 is 0. The number of aryl methyl sites for hydroxylation is 2. The molecule has 0 saturated heterocycles. The number of benzene rings is 2. The number of carbonyl (C=O) groups is 1. The summed E-state index contributed by atoms with van der Waals surface area (Å²) in [6, 6.07) is 8.50. The molecule has 21 heavy (non-hydrogen) atoms. The number of anilines is 3. The number of hydrogen-bond acceptors (Lipinski definition) is 3. The summed E-state index contributed by atoms with van der Waals surface area (Å²) in [7, 11) is 0. The van der Waals surface area contributed by atoms with Gasteiger partial charge in [0.2, 0.25) is 0 Å². The van der Waals surface area contributed by atoms with Gasteiger partial charge in [-0.2, -0.15) is 0 Å². The molecule has 0 bridgehead atoms. The Bertz CT molecular complexity index is 714. The molecule has 0 radical (unpaired) electrons. The summed E-state index contributed by atoms with van der Waals surface area (Å²) in [5.74, 6) is 2.33. The van der Waals surface area contributed by atoms with Crippen LogP contribution < -0.4 is 16.8 Å². The molecule has 4 nitrogen and oxygen atoms in total. The van der Waals surface area contributed by atoms with E-state index in [0.29, 0.717) is 16.9 Å². The second-order valence-corrected chi connectivity index (χ2v) is 4.97. The van der Waals surface area contributed by atoms with Crippen molar-refractivity contribution in [2.24, 2.45) is 0 Å². The number of hydrogen-bond donors (Lipinski definition) is 3. The maximum Gasteiger partial charge on any atom is 0.255 e. The molecule has 2 aromatic rings. The monoisotopic (exact) mass is 279 g/mol. The van der Waals surface area contributed by atoms with Gasteiger partial charge >= 0.3 is 0 Å². The van der Waals surface area contributed by atoms with E-state index in [2.05, 4.69) is 11.2 Å². The summed E-state index contributed by atoms with van der Waals surface area (Å²) >= 11 is 0. The Morgan fingerprint density at radius 1 is 1.05 bits per heavy atom. The number of terminal acetylenes is 1. The molecule has 0 atom stereocenters. The van der Waals surface area contributed by atoms with E-state index >= 15 is 0 Å². The van der Waals surface area contributed by atoms with Crippen LogP contribution >= 0.6 is 0 Å². The van der Waals surface area contributed by atoms with Gasteiger partial charge in [0.05, 0.1) is 0 Å². The third-order valence-electron chi connectivity index (χ3n) is 3.18. The van der Waals surface area contributed by atoms with E-state index in [9.17, 15) is 4.79 Å². The van der Waals surface area contributed by atoms with E-state index in [1.165, 1.54) is 0 Å². The Hall–Kier alpha value is -2.93. The largest absolute Gasteiger partial charge is 0.399 e. The van der Waals surface area contributed by atoms with Crippen molar-refractivity contribution >= 4 is 23.0 Å². The molecule has 0 heterocycles. The van der Waals surface area contributed by atoms with E-state index in [1.807, 2.05) is 26.0 Å². The fourth-order valence-electron chi connectivity index (χ4n) is 2.24. The molecule has 0 aliphatic rings. The lowest BCUT2D eigenvalue weighted by atomic mass is 10.0. The summed E-state index contributed by atoms with van der Waals surface area (Å²) in [4.78, 5) is 12.3. The van der Waals surface area contributed by atoms with Crippen LogP contribution in [-0.2, 0) is 0 Å². The average Bonchev–Trinajstić information content (AvgIpc) is 2.41. The Balaban J connectivity index is 2.34. The normalized spacial score (nSPS) is 9.95. The van der Waals surface area contributed by atoms with Crippen LogP contribution in [0.25, 0.3) is 0 Å². The Kier molecular flexibility index (Phi) is 3.86. The second kappa shape index (κ2) is 5.59. The van der Waals surface area contributed by atoms with Crippen LogP contribution in [0.15, 0.2) is 30.3 Å². The van der Waals surface area contributed by atoms with Crippen molar-refractivity contribution in [2.45, 2.75) is 13.8 Å². The lowest BCUT2D eigenvalue weighted by Crippen LogP contribution is -2.14. The molecule has 5 N–H and O–H groups in total. The van der Waals surface area contributed by atoms with Crippen molar-refractivity contribution < 1.29 is 4.79 Å². The Morgan fingerprint density at radius 2 is 1.57 bits per heavy atom. The molecule has 0 unspecified atom stereocenters. The topological polar surface area (TPSA) is 81.1 Å². The van der Waals surface area contributed by atoms with Gasteiger partial charge in [-0.3, -0.25) is 4.79 Å². The first-order chi connectivity index (χ1) is 9.90. The number of nitrogen functional groups attached to an aromatic ring is 2.